The molecule has 0 spiro atoms. The number of hydrogen-bond donors (Lipinski definition) is 2. The zero-order valence-electron chi connectivity index (χ0n) is 12.9. The van der Waals surface area contributed by atoms with Crippen LogP contribution in [0.3, 0.4) is 0 Å². The average molecular weight is 400 g/mol. The van der Waals surface area contributed by atoms with Crippen molar-refractivity contribution in [2.45, 2.75) is 6.18 Å². The molecule has 0 aliphatic rings. The highest BCUT2D eigenvalue weighted by Crippen LogP contribution is 2.36. The highest BCUT2D eigenvalue weighted by molar-refractivity contribution is 6.31. The molecular formula is C17H10Cl2F3N3O. The predicted molar refractivity (Wildman–Crippen MR) is 93.4 cm³/mol. The second-order valence-corrected chi connectivity index (χ2v) is 6.19. The molecule has 0 fully saturated rings. The Hall–Kier alpha value is -2.51. The first kappa shape index (κ1) is 18.3. The quantitative estimate of drug-likeness (QED) is 0.597. The molecule has 0 radical (unpaired) electrons. The Balaban J connectivity index is 1.85. The van der Waals surface area contributed by atoms with Crippen LogP contribution in [0.5, 0.6) is 0 Å². The fourth-order valence-corrected chi connectivity index (χ4v) is 2.55. The number of amides is 1. The van der Waals surface area contributed by atoms with Gasteiger partial charge in [0.25, 0.3) is 5.91 Å². The van der Waals surface area contributed by atoms with E-state index < -0.39 is 23.3 Å². The van der Waals surface area contributed by atoms with Crippen LogP contribution < -0.4 is 5.32 Å². The lowest BCUT2D eigenvalue weighted by Crippen LogP contribution is -2.17. The second-order valence-electron chi connectivity index (χ2n) is 5.32. The maximum Gasteiger partial charge on any atom is 0.418 e. The number of carbonyl (C=O) groups excluding carboxylic acids is 1. The Labute approximate surface area is 155 Å². The van der Waals surface area contributed by atoms with Crippen molar-refractivity contribution in [3.63, 3.8) is 0 Å². The van der Waals surface area contributed by atoms with Gasteiger partial charge in [-0.05, 0) is 36.4 Å². The van der Waals surface area contributed by atoms with E-state index in [-0.39, 0.29) is 10.7 Å². The summed E-state index contributed by atoms with van der Waals surface area (Å²) in [5, 5.41) is 9.19. The monoisotopic (exact) mass is 399 g/mol. The van der Waals surface area contributed by atoms with Crippen LogP contribution in [0.15, 0.2) is 48.5 Å². The van der Waals surface area contributed by atoms with Crippen molar-refractivity contribution in [3.05, 3.63) is 69.8 Å². The summed E-state index contributed by atoms with van der Waals surface area (Å²) in [6.07, 6.45) is -4.66. The molecule has 1 aromatic heterocycles. The lowest BCUT2D eigenvalue weighted by Gasteiger charge is -2.13. The number of hydrogen-bond acceptors (Lipinski definition) is 2. The van der Waals surface area contributed by atoms with Crippen LogP contribution >= 0.6 is 23.2 Å². The minimum atomic E-state index is -4.66. The molecule has 9 heteroatoms. The summed E-state index contributed by atoms with van der Waals surface area (Å²) < 4.78 is 39.3. The third-order valence-corrected chi connectivity index (χ3v) is 3.98. The van der Waals surface area contributed by atoms with Gasteiger partial charge < -0.3 is 5.32 Å². The molecule has 0 aliphatic heterocycles. The van der Waals surface area contributed by atoms with Gasteiger partial charge in [0.15, 0.2) is 0 Å². The first-order valence-corrected chi connectivity index (χ1v) is 7.99. The van der Waals surface area contributed by atoms with Crippen molar-refractivity contribution >= 4 is 34.8 Å². The zero-order valence-corrected chi connectivity index (χ0v) is 14.4. The van der Waals surface area contributed by atoms with Crippen LogP contribution in [0.25, 0.3) is 11.3 Å². The van der Waals surface area contributed by atoms with E-state index in [1.807, 2.05) is 0 Å². The maximum absolute atomic E-state index is 13.1. The molecule has 1 amide bonds. The van der Waals surface area contributed by atoms with E-state index in [4.69, 9.17) is 23.2 Å². The minimum Gasteiger partial charge on any atom is -0.320 e. The second kappa shape index (κ2) is 7.01. The molecule has 26 heavy (non-hydrogen) atoms. The number of nitrogens with zero attached hydrogens (tertiary/aromatic N) is 1. The summed E-state index contributed by atoms with van der Waals surface area (Å²) in [6, 6.07) is 11.3. The van der Waals surface area contributed by atoms with Crippen LogP contribution in [0.2, 0.25) is 10.0 Å². The highest BCUT2D eigenvalue weighted by atomic mass is 35.5. The van der Waals surface area contributed by atoms with Gasteiger partial charge in [-0.15, -0.1) is 0 Å². The molecule has 0 saturated carbocycles. The summed E-state index contributed by atoms with van der Waals surface area (Å²) >= 11 is 11.4. The third-order valence-electron chi connectivity index (χ3n) is 3.50. The number of alkyl halides is 3. The number of anilines is 1. The fourth-order valence-electron chi connectivity index (χ4n) is 2.26. The van der Waals surface area contributed by atoms with Gasteiger partial charge in [-0.25, -0.2) is 0 Å². The SMILES string of the molecule is O=C(Nc1ccc(Cl)cc1C(F)(F)F)c1cc(-c2ccc(Cl)cc2)n[nH]1. The molecular weight excluding hydrogens is 390 g/mol. The zero-order chi connectivity index (χ0) is 18.9. The van der Waals surface area contributed by atoms with Gasteiger partial charge in [-0.1, -0.05) is 35.3 Å². The van der Waals surface area contributed by atoms with Crippen LogP contribution in [-0.2, 0) is 6.18 Å². The van der Waals surface area contributed by atoms with E-state index in [2.05, 4.69) is 15.5 Å². The first-order chi connectivity index (χ1) is 12.2. The lowest BCUT2D eigenvalue weighted by atomic mass is 10.1. The lowest BCUT2D eigenvalue weighted by molar-refractivity contribution is -0.136. The Bertz CT molecular complexity index is 953. The average Bonchev–Trinajstić information content (AvgIpc) is 3.06. The summed E-state index contributed by atoms with van der Waals surface area (Å²) in [7, 11) is 0. The van der Waals surface area contributed by atoms with Crippen LogP contribution in [0, 0.1) is 0 Å². The van der Waals surface area contributed by atoms with E-state index in [0.29, 0.717) is 16.3 Å². The number of carbonyl (C=O) groups is 1. The third kappa shape index (κ3) is 4.00. The number of halogens is 5. The summed E-state index contributed by atoms with van der Waals surface area (Å²) in [6.45, 7) is 0. The van der Waals surface area contributed by atoms with Crippen molar-refractivity contribution in [3.8, 4) is 11.3 Å². The number of aromatic nitrogens is 2. The van der Waals surface area contributed by atoms with E-state index in [0.717, 1.165) is 12.1 Å². The van der Waals surface area contributed by atoms with Gasteiger partial charge in [0.05, 0.1) is 16.9 Å². The van der Waals surface area contributed by atoms with E-state index >= 15 is 0 Å². The highest BCUT2D eigenvalue weighted by Gasteiger charge is 2.34. The first-order valence-electron chi connectivity index (χ1n) is 7.23. The molecule has 134 valence electrons. The van der Waals surface area contributed by atoms with Gasteiger partial charge in [0.1, 0.15) is 5.69 Å². The predicted octanol–water partition coefficient (Wildman–Crippen LogP) is 5.65. The van der Waals surface area contributed by atoms with Gasteiger partial charge in [-0.2, -0.15) is 18.3 Å². The normalized spacial score (nSPS) is 11.4. The Morgan fingerprint density at radius 2 is 1.65 bits per heavy atom. The molecule has 4 nitrogen and oxygen atoms in total. The van der Waals surface area contributed by atoms with Crippen LogP contribution in [0.4, 0.5) is 18.9 Å². The number of benzene rings is 2. The molecule has 0 bridgehead atoms. The maximum atomic E-state index is 13.1. The molecule has 0 aliphatic carbocycles. The molecule has 2 aromatic carbocycles. The van der Waals surface area contributed by atoms with Gasteiger partial charge in [-0.3, -0.25) is 9.89 Å². The number of H-pyrrole nitrogens is 1. The molecule has 1 heterocycles. The largest absolute Gasteiger partial charge is 0.418 e. The summed E-state index contributed by atoms with van der Waals surface area (Å²) in [5.74, 6) is -0.759. The van der Waals surface area contributed by atoms with Gasteiger partial charge in [0.2, 0.25) is 0 Å². The summed E-state index contributed by atoms with van der Waals surface area (Å²) in [4.78, 5) is 12.3. The van der Waals surface area contributed by atoms with E-state index in [9.17, 15) is 18.0 Å². The van der Waals surface area contributed by atoms with Gasteiger partial charge >= 0.3 is 6.18 Å². The Kier molecular flexibility index (Phi) is 4.93. The number of rotatable bonds is 3. The molecule has 2 N–H and O–H groups in total. The van der Waals surface area contributed by atoms with Crippen LogP contribution in [-0.4, -0.2) is 16.1 Å². The topological polar surface area (TPSA) is 57.8 Å². The number of nitrogens with one attached hydrogen (secondary N) is 2. The van der Waals surface area contributed by atoms with Crippen molar-refractivity contribution in [1.29, 1.82) is 0 Å². The summed E-state index contributed by atoms with van der Waals surface area (Å²) in [5.41, 5.74) is -0.255. The molecule has 3 aromatic rings. The van der Waals surface area contributed by atoms with Gasteiger partial charge in [0, 0.05) is 15.6 Å². The molecule has 3 rings (SSSR count). The standard InChI is InChI=1S/C17H10Cl2F3N3O/c18-10-3-1-9(2-4-10)14-8-15(25-24-14)16(26)23-13-6-5-11(19)7-12(13)17(20,21)22/h1-8H,(H,23,26)(H,24,25). The van der Waals surface area contributed by atoms with E-state index in [1.165, 1.54) is 12.1 Å². The molecule has 0 saturated heterocycles. The Morgan fingerprint density at radius 1 is 1.00 bits per heavy atom. The minimum absolute atomic E-state index is 0.0121. The Morgan fingerprint density at radius 3 is 2.31 bits per heavy atom. The molecule has 0 unspecified atom stereocenters. The fraction of sp³-hybridized carbons (Fsp3) is 0.0588. The number of aromatic amines is 1. The van der Waals surface area contributed by atoms with Crippen molar-refractivity contribution in [2.75, 3.05) is 5.32 Å². The van der Waals surface area contributed by atoms with Crippen molar-refractivity contribution in [1.82, 2.24) is 10.2 Å². The molecule has 0 atom stereocenters. The smallest absolute Gasteiger partial charge is 0.320 e. The van der Waals surface area contributed by atoms with Crippen molar-refractivity contribution in [2.24, 2.45) is 0 Å². The van der Waals surface area contributed by atoms with E-state index in [1.54, 1.807) is 24.3 Å². The van der Waals surface area contributed by atoms with Crippen molar-refractivity contribution < 1.29 is 18.0 Å². The van der Waals surface area contributed by atoms with Crippen LogP contribution in [0.1, 0.15) is 16.1 Å².